The zero-order valence-corrected chi connectivity index (χ0v) is 21.5. The number of rotatable bonds is 8. The van der Waals surface area contributed by atoms with Gasteiger partial charge in [0.1, 0.15) is 11.9 Å². The molecule has 1 aromatic carbocycles. The highest BCUT2D eigenvalue weighted by atomic mass is 35.5. The molecule has 3 aromatic rings. The molecule has 0 saturated carbocycles. The highest BCUT2D eigenvalue weighted by molar-refractivity contribution is 7.92. The number of thiophene rings is 1. The molecule has 0 bridgehead atoms. The van der Waals surface area contributed by atoms with Crippen molar-refractivity contribution in [1.29, 1.82) is 0 Å². The molecule has 36 heavy (non-hydrogen) atoms. The zero-order valence-electron chi connectivity index (χ0n) is 19.1. The van der Waals surface area contributed by atoms with Crippen molar-refractivity contribution < 1.29 is 22.4 Å². The van der Waals surface area contributed by atoms with E-state index in [1.165, 1.54) is 39.3 Å². The monoisotopic (exact) mass is 548 g/mol. The van der Waals surface area contributed by atoms with E-state index >= 15 is 0 Å². The third-order valence-corrected chi connectivity index (χ3v) is 7.82. The SMILES string of the molecule is CN(Cc1ccncc1)C(=O)c1ccc(N2CCC(NS(=O)(=O)/C=C/c3ccc(Cl)s3)C2=O)c(F)c1. The van der Waals surface area contributed by atoms with Crippen molar-refractivity contribution in [2.45, 2.75) is 19.0 Å². The molecule has 2 amide bonds. The molecule has 2 aromatic heterocycles. The van der Waals surface area contributed by atoms with Gasteiger partial charge in [-0.25, -0.2) is 12.8 Å². The van der Waals surface area contributed by atoms with Gasteiger partial charge in [0.05, 0.1) is 10.0 Å². The van der Waals surface area contributed by atoms with Crippen LogP contribution < -0.4 is 9.62 Å². The van der Waals surface area contributed by atoms with Crippen molar-refractivity contribution in [2.75, 3.05) is 18.5 Å². The second kappa shape index (κ2) is 10.9. The standard InChI is InChI=1S/C24H22ClFN4O4S2/c1-29(15-16-6-10-27-11-7-16)23(31)17-2-4-21(19(26)14-17)30-12-8-20(24(30)32)28-36(33,34)13-9-18-3-5-22(25)35-18/h2-7,9-11,13-14,20,28H,8,12,15H2,1H3/b13-9+. The van der Waals surface area contributed by atoms with E-state index in [0.29, 0.717) is 15.8 Å². The van der Waals surface area contributed by atoms with Crippen LogP contribution in [0.15, 0.2) is 60.3 Å². The van der Waals surface area contributed by atoms with Crippen LogP contribution >= 0.6 is 22.9 Å². The van der Waals surface area contributed by atoms with Gasteiger partial charge in [-0.1, -0.05) is 11.6 Å². The Morgan fingerprint density at radius 3 is 2.69 bits per heavy atom. The molecule has 3 heterocycles. The van der Waals surface area contributed by atoms with Gasteiger partial charge in [-0.2, -0.15) is 4.72 Å². The summed E-state index contributed by atoms with van der Waals surface area (Å²) in [7, 11) is -2.31. The van der Waals surface area contributed by atoms with E-state index < -0.39 is 27.8 Å². The number of aromatic nitrogens is 1. The molecule has 1 N–H and O–H groups in total. The first kappa shape index (κ1) is 26.0. The first-order valence-corrected chi connectivity index (χ1v) is 13.6. The number of carbonyl (C=O) groups is 2. The molecule has 1 fully saturated rings. The average molecular weight is 549 g/mol. The maximum atomic E-state index is 15.0. The topological polar surface area (TPSA) is 99.7 Å². The summed E-state index contributed by atoms with van der Waals surface area (Å²) in [5, 5.41) is 0.967. The number of benzene rings is 1. The average Bonchev–Trinajstić information content (AvgIpc) is 3.43. The van der Waals surface area contributed by atoms with Gasteiger partial charge >= 0.3 is 0 Å². The molecule has 1 saturated heterocycles. The van der Waals surface area contributed by atoms with Crippen molar-refractivity contribution in [2.24, 2.45) is 0 Å². The lowest BCUT2D eigenvalue weighted by Gasteiger charge is -2.20. The van der Waals surface area contributed by atoms with Crippen LogP contribution in [-0.2, 0) is 21.4 Å². The summed E-state index contributed by atoms with van der Waals surface area (Å²) >= 11 is 7.06. The van der Waals surface area contributed by atoms with Crippen LogP contribution in [0.2, 0.25) is 4.34 Å². The number of halogens is 2. The lowest BCUT2D eigenvalue weighted by molar-refractivity contribution is -0.118. The third kappa shape index (κ3) is 6.16. The largest absolute Gasteiger partial charge is 0.337 e. The molecule has 8 nitrogen and oxygen atoms in total. The molecule has 1 atom stereocenters. The number of sulfonamides is 1. The number of hydrogen-bond acceptors (Lipinski definition) is 6. The molecule has 0 aliphatic carbocycles. The fraction of sp³-hybridized carbons (Fsp3) is 0.208. The highest BCUT2D eigenvalue weighted by Gasteiger charge is 2.36. The van der Waals surface area contributed by atoms with Gasteiger partial charge in [0.2, 0.25) is 15.9 Å². The third-order valence-electron chi connectivity index (χ3n) is 5.52. The molecular weight excluding hydrogens is 527 g/mol. The molecule has 188 valence electrons. The summed E-state index contributed by atoms with van der Waals surface area (Å²) < 4.78 is 42.7. The fourth-order valence-corrected chi connectivity index (χ4v) is 5.82. The molecular formula is C24H22ClFN4O4S2. The minimum absolute atomic E-state index is 0.0150. The Morgan fingerprint density at radius 1 is 1.28 bits per heavy atom. The normalized spacial score (nSPS) is 16.1. The van der Waals surface area contributed by atoms with E-state index in [4.69, 9.17) is 11.6 Å². The van der Waals surface area contributed by atoms with Gasteiger partial charge in [-0.15, -0.1) is 11.3 Å². The van der Waals surface area contributed by atoms with Crippen LogP contribution in [0, 0.1) is 5.82 Å². The maximum Gasteiger partial charge on any atom is 0.254 e. The first-order chi connectivity index (χ1) is 17.1. The van der Waals surface area contributed by atoms with Crippen LogP contribution in [0.4, 0.5) is 10.1 Å². The Labute approximate surface area is 217 Å². The summed E-state index contributed by atoms with van der Waals surface area (Å²) in [5.41, 5.74) is 0.998. The van der Waals surface area contributed by atoms with Gasteiger partial charge < -0.3 is 9.80 Å². The maximum absolute atomic E-state index is 15.0. The fourth-order valence-electron chi connectivity index (χ4n) is 3.75. The van der Waals surface area contributed by atoms with Gasteiger partial charge in [-0.05, 0) is 60.5 Å². The molecule has 1 aliphatic rings. The summed E-state index contributed by atoms with van der Waals surface area (Å²) in [6.45, 7) is 0.452. The number of pyridine rings is 1. The van der Waals surface area contributed by atoms with Gasteiger partial charge in [0.25, 0.3) is 5.91 Å². The van der Waals surface area contributed by atoms with E-state index in [1.807, 2.05) is 0 Å². The summed E-state index contributed by atoms with van der Waals surface area (Å²) in [4.78, 5) is 32.8. The molecule has 1 aliphatic heterocycles. The summed E-state index contributed by atoms with van der Waals surface area (Å²) in [5.74, 6) is -1.70. The Hall–Kier alpha value is -3.12. The van der Waals surface area contributed by atoms with E-state index in [1.54, 1.807) is 43.7 Å². The number of carbonyl (C=O) groups excluding carboxylic acids is 2. The van der Waals surface area contributed by atoms with Gasteiger partial charge in [0.15, 0.2) is 0 Å². The van der Waals surface area contributed by atoms with Crippen LogP contribution in [-0.4, -0.2) is 49.8 Å². The van der Waals surface area contributed by atoms with Crippen molar-refractivity contribution in [3.63, 3.8) is 0 Å². The Balaban J connectivity index is 1.41. The lowest BCUT2D eigenvalue weighted by atomic mass is 10.1. The Kier molecular flexibility index (Phi) is 7.84. The molecule has 12 heteroatoms. The quantitative estimate of drug-likeness (QED) is 0.460. The molecule has 4 rings (SSSR count). The van der Waals surface area contributed by atoms with Crippen molar-refractivity contribution in [3.05, 3.63) is 86.4 Å². The number of nitrogens with zero attached hydrogens (tertiary/aromatic N) is 3. The number of amides is 2. The lowest BCUT2D eigenvalue weighted by Crippen LogP contribution is -2.41. The second-order valence-electron chi connectivity index (χ2n) is 8.12. The Bertz CT molecular complexity index is 1410. The Morgan fingerprint density at radius 2 is 2.03 bits per heavy atom. The van der Waals surface area contributed by atoms with Crippen LogP contribution in [0.5, 0.6) is 0 Å². The molecule has 1 unspecified atom stereocenters. The van der Waals surface area contributed by atoms with E-state index in [0.717, 1.165) is 17.0 Å². The van der Waals surface area contributed by atoms with E-state index in [-0.39, 0.29) is 30.1 Å². The van der Waals surface area contributed by atoms with Gasteiger partial charge in [-0.3, -0.25) is 14.6 Å². The minimum atomic E-state index is -3.92. The van der Waals surface area contributed by atoms with E-state index in [2.05, 4.69) is 9.71 Å². The highest BCUT2D eigenvalue weighted by Crippen LogP contribution is 2.27. The second-order valence-corrected chi connectivity index (χ2v) is 11.5. The van der Waals surface area contributed by atoms with Crippen molar-refractivity contribution in [3.8, 4) is 0 Å². The molecule has 0 spiro atoms. The van der Waals surface area contributed by atoms with Crippen LogP contribution in [0.25, 0.3) is 6.08 Å². The first-order valence-electron chi connectivity index (χ1n) is 10.8. The smallest absolute Gasteiger partial charge is 0.254 e. The number of nitrogens with one attached hydrogen (secondary N) is 1. The summed E-state index contributed by atoms with van der Waals surface area (Å²) in [6.07, 6.45) is 4.81. The number of hydrogen-bond donors (Lipinski definition) is 1. The van der Waals surface area contributed by atoms with E-state index in [9.17, 15) is 22.4 Å². The van der Waals surface area contributed by atoms with Gasteiger partial charge in [0, 0.05) is 48.4 Å². The predicted molar refractivity (Wildman–Crippen MR) is 138 cm³/mol. The van der Waals surface area contributed by atoms with Crippen LogP contribution in [0.3, 0.4) is 0 Å². The summed E-state index contributed by atoms with van der Waals surface area (Å²) in [6, 6.07) is 9.75. The predicted octanol–water partition coefficient (Wildman–Crippen LogP) is 3.90. The van der Waals surface area contributed by atoms with Crippen LogP contribution in [0.1, 0.15) is 27.2 Å². The zero-order chi connectivity index (χ0) is 25.9. The van der Waals surface area contributed by atoms with Crippen molar-refractivity contribution in [1.82, 2.24) is 14.6 Å². The molecule has 0 radical (unpaired) electrons. The minimum Gasteiger partial charge on any atom is -0.337 e. The number of anilines is 1. The van der Waals surface area contributed by atoms with Crippen molar-refractivity contribution >= 4 is 56.5 Å².